The normalized spacial score (nSPS) is 11.3. The van der Waals surface area contributed by atoms with Crippen molar-refractivity contribution in [1.82, 2.24) is 4.90 Å². The van der Waals surface area contributed by atoms with E-state index < -0.39 is 17.3 Å². The second kappa shape index (κ2) is 6.67. The van der Waals surface area contributed by atoms with Gasteiger partial charge in [-0.05, 0) is 24.6 Å². The third-order valence-electron chi connectivity index (χ3n) is 3.17. The molecule has 3 N–H and O–H groups in total. The summed E-state index contributed by atoms with van der Waals surface area (Å²) in [5, 5.41) is 21.0. The number of aryl methyl sites for hydroxylation is 1. The molecule has 0 saturated heterocycles. The number of hydrogen-bond donors (Lipinski definition) is 3. The van der Waals surface area contributed by atoms with Crippen molar-refractivity contribution in [2.24, 2.45) is 5.41 Å². The predicted octanol–water partition coefficient (Wildman–Crippen LogP) is 1.59. The molecule has 0 fully saturated rings. The number of urea groups is 1. The molecule has 112 valence electrons. The fourth-order valence-corrected chi connectivity index (χ4v) is 1.73. The molecule has 0 radical (unpaired) electrons. The monoisotopic (exact) mass is 284 g/mol. The summed E-state index contributed by atoms with van der Waals surface area (Å²) in [6, 6.07) is 3.73. The fraction of sp³-hybridized carbons (Fsp3) is 0.500. The number of carbonyl (C=O) groups is 1. The Morgan fingerprint density at radius 3 is 2.55 bits per heavy atom. The van der Waals surface area contributed by atoms with Crippen LogP contribution in [0.2, 0.25) is 0 Å². The van der Waals surface area contributed by atoms with Gasteiger partial charge in [0.15, 0.2) is 0 Å². The van der Waals surface area contributed by atoms with Crippen LogP contribution < -0.4 is 5.32 Å². The van der Waals surface area contributed by atoms with E-state index in [4.69, 9.17) is 0 Å². The van der Waals surface area contributed by atoms with Crippen molar-refractivity contribution >= 4 is 11.7 Å². The van der Waals surface area contributed by atoms with Crippen LogP contribution in [-0.2, 0) is 0 Å². The minimum atomic E-state index is -0.775. The highest BCUT2D eigenvalue weighted by molar-refractivity contribution is 5.90. The maximum absolute atomic E-state index is 13.1. The molecule has 0 aliphatic heterocycles. The van der Waals surface area contributed by atoms with Crippen molar-refractivity contribution in [3.63, 3.8) is 0 Å². The second-order valence-electron chi connectivity index (χ2n) is 5.37. The predicted molar refractivity (Wildman–Crippen MR) is 75.1 cm³/mol. The number of amides is 2. The molecule has 1 rings (SSSR count). The van der Waals surface area contributed by atoms with Crippen LogP contribution in [0.25, 0.3) is 0 Å². The number of nitrogens with zero attached hydrogens (tertiary/aromatic N) is 1. The summed E-state index contributed by atoms with van der Waals surface area (Å²) in [6.45, 7) is 3.14. The van der Waals surface area contributed by atoms with Crippen molar-refractivity contribution in [1.29, 1.82) is 0 Å². The Bertz CT molecular complexity index is 475. The molecule has 0 aliphatic carbocycles. The van der Waals surface area contributed by atoms with Gasteiger partial charge in [0, 0.05) is 24.7 Å². The molecule has 0 aliphatic rings. The minimum absolute atomic E-state index is 0.181. The lowest BCUT2D eigenvalue weighted by Gasteiger charge is -2.30. The van der Waals surface area contributed by atoms with E-state index in [1.54, 1.807) is 27.0 Å². The topological polar surface area (TPSA) is 72.8 Å². The van der Waals surface area contributed by atoms with E-state index in [0.29, 0.717) is 5.69 Å². The number of aliphatic hydroxyl groups is 2. The minimum Gasteiger partial charge on any atom is -0.396 e. The van der Waals surface area contributed by atoms with Gasteiger partial charge < -0.3 is 20.4 Å². The Balaban J connectivity index is 2.73. The molecule has 0 heterocycles. The Morgan fingerprint density at radius 1 is 1.40 bits per heavy atom. The molecule has 0 spiro atoms. The molecule has 2 amide bonds. The van der Waals surface area contributed by atoms with Crippen LogP contribution in [0.1, 0.15) is 12.5 Å². The zero-order valence-corrected chi connectivity index (χ0v) is 12.0. The van der Waals surface area contributed by atoms with Gasteiger partial charge in [-0.3, -0.25) is 0 Å². The largest absolute Gasteiger partial charge is 0.396 e. The average molecular weight is 284 g/mol. The zero-order chi connectivity index (χ0) is 15.3. The summed E-state index contributed by atoms with van der Waals surface area (Å²) in [4.78, 5) is 13.4. The molecular weight excluding hydrogens is 263 g/mol. The lowest BCUT2D eigenvalue weighted by molar-refractivity contribution is 0.0509. The summed E-state index contributed by atoms with van der Waals surface area (Å²) < 4.78 is 13.1. The third-order valence-corrected chi connectivity index (χ3v) is 3.17. The number of aliphatic hydroxyl groups excluding tert-OH is 2. The van der Waals surface area contributed by atoms with Gasteiger partial charge in [-0.25, -0.2) is 9.18 Å². The van der Waals surface area contributed by atoms with Gasteiger partial charge in [-0.1, -0.05) is 13.0 Å². The average Bonchev–Trinajstić information content (AvgIpc) is 2.42. The van der Waals surface area contributed by atoms with Crippen molar-refractivity contribution in [2.75, 3.05) is 32.1 Å². The Hall–Kier alpha value is -1.66. The Labute approximate surface area is 118 Å². The van der Waals surface area contributed by atoms with Crippen LogP contribution >= 0.6 is 0 Å². The van der Waals surface area contributed by atoms with E-state index in [1.165, 1.54) is 17.0 Å². The molecule has 20 heavy (non-hydrogen) atoms. The molecule has 6 heteroatoms. The van der Waals surface area contributed by atoms with E-state index in [1.807, 2.05) is 0 Å². The van der Waals surface area contributed by atoms with Crippen LogP contribution in [0, 0.1) is 18.2 Å². The number of hydrogen-bond acceptors (Lipinski definition) is 3. The van der Waals surface area contributed by atoms with Crippen LogP contribution in [0.15, 0.2) is 18.2 Å². The number of benzene rings is 1. The van der Waals surface area contributed by atoms with Crippen LogP contribution in [-0.4, -0.2) is 48.0 Å². The van der Waals surface area contributed by atoms with Gasteiger partial charge in [0.1, 0.15) is 5.82 Å². The highest BCUT2D eigenvalue weighted by Gasteiger charge is 2.26. The van der Waals surface area contributed by atoms with E-state index in [-0.39, 0.29) is 19.8 Å². The number of carbonyl (C=O) groups excluding carboxylic acids is 1. The first-order valence-electron chi connectivity index (χ1n) is 6.31. The van der Waals surface area contributed by atoms with E-state index >= 15 is 0 Å². The summed E-state index contributed by atoms with van der Waals surface area (Å²) in [5.41, 5.74) is 0.375. The summed E-state index contributed by atoms with van der Waals surface area (Å²) in [6.07, 6.45) is 0. The first kappa shape index (κ1) is 16.4. The summed E-state index contributed by atoms with van der Waals surface area (Å²) in [7, 11) is 1.55. The summed E-state index contributed by atoms with van der Waals surface area (Å²) in [5.74, 6) is -0.427. The zero-order valence-electron chi connectivity index (χ0n) is 12.0. The fourth-order valence-electron chi connectivity index (χ4n) is 1.73. The maximum Gasteiger partial charge on any atom is 0.321 e. The van der Waals surface area contributed by atoms with E-state index in [2.05, 4.69) is 5.32 Å². The quantitative estimate of drug-likeness (QED) is 0.769. The van der Waals surface area contributed by atoms with Crippen molar-refractivity contribution in [2.45, 2.75) is 13.8 Å². The van der Waals surface area contributed by atoms with Crippen LogP contribution in [0.4, 0.5) is 14.9 Å². The van der Waals surface area contributed by atoms with Gasteiger partial charge in [0.2, 0.25) is 0 Å². The maximum atomic E-state index is 13.1. The van der Waals surface area contributed by atoms with Crippen LogP contribution in [0.5, 0.6) is 0 Å². The molecule has 1 aromatic rings. The third kappa shape index (κ3) is 4.18. The lowest BCUT2D eigenvalue weighted by atomic mass is 9.92. The number of rotatable bonds is 5. The number of anilines is 1. The standard InChI is InChI=1S/C14H21FN2O3/c1-10-4-5-11(15)6-12(10)16-13(20)17(3)7-14(2,8-18)9-19/h4-6,18-19H,7-9H2,1-3H3,(H,16,20). The molecule has 0 saturated carbocycles. The molecular formula is C14H21FN2O3. The van der Waals surface area contributed by atoms with E-state index in [9.17, 15) is 19.4 Å². The number of nitrogens with one attached hydrogen (secondary N) is 1. The number of halogens is 1. The van der Waals surface area contributed by atoms with Gasteiger partial charge in [-0.15, -0.1) is 0 Å². The smallest absolute Gasteiger partial charge is 0.321 e. The molecule has 0 unspecified atom stereocenters. The SMILES string of the molecule is Cc1ccc(F)cc1NC(=O)N(C)CC(C)(CO)CO. The van der Waals surface area contributed by atoms with Crippen molar-refractivity contribution in [3.8, 4) is 0 Å². The lowest BCUT2D eigenvalue weighted by Crippen LogP contribution is -2.43. The van der Waals surface area contributed by atoms with Gasteiger partial charge in [0.25, 0.3) is 0 Å². The van der Waals surface area contributed by atoms with Gasteiger partial charge >= 0.3 is 6.03 Å². The van der Waals surface area contributed by atoms with E-state index in [0.717, 1.165) is 5.56 Å². The Kier molecular flexibility index (Phi) is 5.47. The van der Waals surface area contributed by atoms with Crippen molar-refractivity contribution < 1.29 is 19.4 Å². The highest BCUT2D eigenvalue weighted by atomic mass is 19.1. The first-order chi connectivity index (χ1) is 9.31. The van der Waals surface area contributed by atoms with Gasteiger partial charge in [0.05, 0.1) is 13.2 Å². The molecule has 0 aromatic heterocycles. The molecule has 1 aromatic carbocycles. The molecule has 0 bridgehead atoms. The molecule has 0 atom stereocenters. The Morgan fingerprint density at radius 2 is 2.00 bits per heavy atom. The summed E-state index contributed by atoms with van der Waals surface area (Å²) >= 11 is 0. The second-order valence-corrected chi connectivity index (χ2v) is 5.37. The first-order valence-corrected chi connectivity index (χ1v) is 6.31. The highest BCUT2D eigenvalue weighted by Crippen LogP contribution is 2.19. The van der Waals surface area contributed by atoms with Crippen LogP contribution in [0.3, 0.4) is 0 Å². The van der Waals surface area contributed by atoms with Crippen molar-refractivity contribution in [3.05, 3.63) is 29.6 Å². The molecule has 5 nitrogen and oxygen atoms in total. The van der Waals surface area contributed by atoms with Gasteiger partial charge in [-0.2, -0.15) is 0 Å².